The van der Waals surface area contributed by atoms with Gasteiger partial charge in [-0.05, 0) is 50.6 Å². The molecular weight excluding hydrogens is 241 g/mol. The summed E-state index contributed by atoms with van der Waals surface area (Å²) in [5, 5.41) is 2.78. The van der Waals surface area contributed by atoms with Crippen molar-refractivity contribution in [2.45, 2.75) is 29.4 Å². The summed E-state index contributed by atoms with van der Waals surface area (Å²) in [6.07, 6.45) is 2.09. The van der Waals surface area contributed by atoms with E-state index in [0.29, 0.717) is 19.4 Å². The molecule has 0 saturated carbocycles. The topological polar surface area (TPSA) is 46.2 Å². The van der Waals surface area contributed by atoms with Gasteiger partial charge in [-0.15, -0.1) is 0 Å². The predicted octanol–water partition coefficient (Wildman–Crippen LogP) is 1.74. The Balaban J connectivity index is 2.28. The maximum atomic E-state index is 13.1. The molecule has 0 bridgehead atoms. The van der Waals surface area contributed by atoms with Crippen LogP contribution in [0.5, 0.6) is 0 Å². The maximum absolute atomic E-state index is 13.1. The molecule has 1 aliphatic heterocycles. The molecule has 0 spiro atoms. The van der Waals surface area contributed by atoms with Gasteiger partial charge in [0.15, 0.2) is 9.84 Å². The first-order valence-corrected chi connectivity index (χ1v) is 7.35. The van der Waals surface area contributed by atoms with Crippen LogP contribution >= 0.6 is 0 Å². The van der Waals surface area contributed by atoms with E-state index in [1.54, 1.807) is 0 Å². The zero-order chi connectivity index (χ0) is 12.3. The second kappa shape index (κ2) is 5.14. The van der Waals surface area contributed by atoms with Crippen LogP contribution in [0.25, 0.3) is 0 Å². The third kappa shape index (κ3) is 2.84. The SMILES string of the molecule is O=S(=O)(c1cccc(F)c1)C1CCCNCC1. The van der Waals surface area contributed by atoms with Crippen LogP contribution in [0.15, 0.2) is 29.2 Å². The molecule has 2 rings (SSSR count). The molecular formula is C12H16FNO2S. The van der Waals surface area contributed by atoms with E-state index in [-0.39, 0.29) is 10.1 Å². The lowest BCUT2D eigenvalue weighted by atomic mass is 10.2. The number of nitrogens with one attached hydrogen (secondary N) is 1. The Bertz CT molecular complexity index is 479. The molecule has 5 heteroatoms. The fourth-order valence-corrected chi connectivity index (χ4v) is 3.97. The average Bonchev–Trinajstić information content (AvgIpc) is 2.58. The van der Waals surface area contributed by atoms with Crippen molar-refractivity contribution in [2.24, 2.45) is 0 Å². The van der Waals surface area contributed by atoms with Crippen LogP contribution in [0.3, 0.4) is 0 Å². The fourth-order valence-electron chi connectivity index (χ4n) is 2.13. The van der Waals surface area contributed by atoms with Crippen LogP contribution < -0.4 is 5.32 Å². The van der Waals surface area contributed by atoms with Gasteiger partial charge in [0.05, 0.1) is 10.1 Å². The lowest BCUT2D eigenvalue weighted by Crippen LogP contribution is -2.23. The van der Waals surface area contributed by atoms with Crippen molar-refractivity contribution in [1.29, 1.82) is 0 Å². The van der Waals surface area contributed by atoms with Gasteiger partial charge in [0.1, 0.15) is 5.82 Å². The molecule has 0 radical (unpaired) electrons. The Hall–Kier alpha value is -0.940. The molecule has 1 aliphatic rings. The maximum Gasteiger partial charge on any atom is 0.181 e. The Morgan fingerprint density at radius 2 is 2.06 bits per heavy atom. The molecule has 0 aliphatic carbocycles. The number of halogens is 1. The summed E-state index contributed by atoms with van der Waals surface area (Å²) in [5.74, 6) is -0.502. The smallest absolute Gasteiger partial charge is 0.181 e. The molecule has 1 unspecified atom stereocenters. The normalized spacial score (nSPS) is 22.1. The van der Waals surface area contributed by atoms with Crippen molar-refractivity contribution in [3.63, 3.8) is 0 Å². The summed E-state index contributed by atoms with van der Waals surface area (Å²) in [4.78, 5) is 0.101. The second-order valence-corrected chi connectivity index (χ2v) is 6.53. The minimum atomic E-state index is -3.39. The highest BCUT2D eigenvalue weighted by Crippen LogP contribution is 2.23. The van der Waals surface area contributed by atoms with Gasteiger partial charge in [0.2, 0.25) is 0 Å². The molecule has 1 aromatic rings. The Morgan fingerprint density at radius 1 is 1.24 bits per heavy atom. The van der Waals surface area contributed by atoms with Gasteiger partial charge < -0.3 is 5.32 Å². The van der Waals surface area contributed by atoms with Gasteiger partial charge >= 0.3 is 0 Å². The lowest BCUT2D eigenvalue weighted by molar-refractivity contribution is 0.563. The van der Waals surface area contributed by atoms with Gasteiger partial charge in [0.25, 0.3) is 0 Å². The number of sulfone groups is 1. The third-order valence-corrected chi connectivity index (χ3v) is 5.35. The van der Waals surface area contributed by atoms with Crippen LogP contribution in [0, 0.1) is 5.82 Å². The summed E-state index contributed by atoms with van der Waals surface area (Å²) in [7, 11) is -3.39. The minimum absolute atomic E-state index is 0.101. The lowest BCUT2D eigenvalue weighted by Gasteiger charge is -2.14. The van der Waals surface area contributed by atoms with E-state index in [1.807, 2.05) is 0 Å². The molecule has 1 fully saturated rings. The van der Waals surface area contributed by atoms with Crippen molar-refractivity contribution in [3.05, 3.63) is 30.1 Å². The third-order valence-electron chi connectivity index (χ3n) is 3.09. The van der Waals surface area contributed by atoms with Crippen LogP contribution in [0.4, 0.5) is 4.39 Å². The second-order valence-electron chi connectivity index (χ2n) is 4.31. The summed E-state index contributed by atoms with van der Waals surface area (Å²) in [5.41, 5.74) is 0. The summed E-state index contributed by atoms with van der Waals surface area (Å²) in [6, 6.07) is 5.27. The Labute approximate surface area is 101 Å². The van der Waals surface area contributed by atoms with Crippen molar-refractivity contribution >= 4 is 9.84 Å². The number of benzene rings is 1. The molecule has 1 N–H and O–H groups in total. The van der Waals surface area contributed by atoms with Crippen molar-refractivity contribution in [2.75, 3.05) is 13.1 Å². The van der Waals surface area contributed by atoms with Crippen LogP contribution in [-0.4, -0.2) is 26.8 Å². The molecule has 1 saturated heterocycles. The Kier molecular flexibility index (Phi) is 3.79. The van der Waals surface area contributed by atoms with Crippen molar-refractivity contribution < 1.29 is 12.8 Å². The molecule has 94 valence electrons. The molecule has 0 amide bonds. The van der Waals surface area contributed by atoms with Crippen molar-refractivity contribution in [1.82, 2.24) is 5.32 Å². The van der Waals surface area contributed by atoms with Gasteiger partial charge in [-0.2, -0.15) is 0 Å². The van der Waals surface area contributed by atoms with E-state index in [4.69, 9.17) is 0 Å². The average molecular weight is 257 g/mol. The quantitative estimate of drug-likeness (QED) is 0.878. The molecule has 1 atom stereocenters. The van der Waals surface area contributed by atoms with Gasteiger partial charge in [-0.3, -0.25) is 0 Å². The zero-order valence-corrected chi connectivity index (χ0v) is 10.3. The summed E-state index contributed by atoms with van der Waals surface area (Å²) in [6.45, 7) is 1.56. The monoisotopic (exact) mass is 257 g/mol. The van der Waals surface area contributed by atoms with E-state index in [0.717, 1.165) is 19.0 Å². The van der Waals surface area contributed by atoms with Crippen LogP contribution in [0.2, 0.25) is 0 Å². The zero-order valence-electron chi connectivity index (χ0n) is 9.52. The number of hydrogen-bond donors (Lipinski definition) is 1. The minimum Gasteiger partial charge on any atom is -0.317 e. The summed E-state index contributed by atoms with van der Waals surface area (Å²) >= 11 is 0. The first-order valence-electron chi connectivity index (χ1n) is 5.81. The highest BCUT2D eigenvalue weighted by atomic mass is 32.2. The summed E-state index contributed by atoms with van der Waals surface area (Å²) < 4.78 is 37.7. The molecule has 1 aromatic carbocycles. The predicted molar refractivity (Wildman–Crippen MR) is 64.1 cm³/mol. The molecule has 0 aromatic heterocycles. The first-order chi connectivity index (χ1) is 8.10. The molecule has 1 heterocycles. The Morgan fingerprint density at radius 3 is 2.82 bits per heavy atom. The highest BCUT2D eigenvalue weighted by molar-refractivity contribution is 7.92. The highest BCUT2D eigenvalue weighted by Gasteiger charge is 2.28. The van der Waals surface area contributed by atoms with Crippen molar-refractivity contribution in [3.8, 4) is 0 Å². The van der Waals surface area contributed by atoms with E-state index in [2.05, 4.69) is 5.32 Å². The molecule has 3 nitrogen and oxygen atoms in total. The number of hydrogen-bond acceptors (Lipinski definition) is 3. The number of rotatable bonds is 2. The van der Waals surface area contributed by atoms with Crippen LogP contribution in [0.1, 0.15) is 19.3 Å². The van der Waals surface area contributed by atoms with Crippen LogP contribution in [-0.2, 0) is 9.84 Å². The van der Waals surface area contributed by atoms with Gasteiger partial charge in [-0.1, -0.05) is 6.07 Å². The van der Waals surface area contributed by atoms with Gasteiger partial charge in [0, 0.05) is 0 Å². The van der Waals surface area contributed by atoms with E-state index in [1.165, 1.54) is 18.2 Å². The standard InChI is InChI=1S/C12H16FNO2S/c13-10-3-1-4-12(9-10)17(15,16)11-5-2-7-14-8-6-11/h1,3-4,9,11,14H,2,5-8H2. The van der Waals surface area contributed by atoms with Gasteiger partial charge in [-0.25, -0.2) is 12.8 Å². The van der Waals surface area contributed by atoms with E-state index in [9.17, 15) is 12.8 Å². The van der Waals surface area contributed by atoms with E-state index < -0.39 is 15.7 Å². The first kappa shape index (κ1) is 12.5. The fraction of sp³-hybridized carbons (Fsp3) is 0.500. The van der Waals surface area contributed by atoms with E-state index >= 15 is 0 Å². The molecule has 17 heavy (non-hydrogen) atoms. The largest absolute Gasteiger partial charge is 0.317 e.